The van der Waals surface area contributed by atoms with Crippen LogP contribution in [0.4, 0.5) is 0 Å². The van der Waals surface area contributed by atoms with Crippen molar-refractivity contribution in [2.24, 2.45) is 0 Å². The minimum absolute atomic E-state index is 0.668. The molecular formula is C36H22N2. The lowest BCUT2D eigenvalue weighted by atomic mass is 9.91. The topological polar surface area (TPSA) is 36.7 Å². The summed E-state index contributed by atoms with van der Waals surface area (Å²) in [6.45, 7) is 0. The molecular weight excluding hydrogens is 460 g/mol. The van der Waals surface area contributed by atoms with Gasteiger partial charge in [-0.25, -0.2) is 0 Å². The van der Waals surface area contributed by atoms with E-state index in [1.54, 1.807) is 0 Å². The molecule has 7 aromatic rings. The Bertz CT molecular complexity index is 2030. The Balaban J connectivity index is 1.36. The number of rotatable bonds is 3. The third-order valence-corrected chi connectivity index (χ3v) is 7.30. The van der Waals surface area contributed by atoms with Gasteiger partial charge in [0.25, 0.3) is 0 Å². The van der Waals surface area contributed by atoms with Crippen LogP contribution in [0.2, 0.25) is 0 Å². The van der Waals surface area contributed by atoms with Crippen molar-refractivity contribution < 1.29 is 0 Å². The molecule has 0 aliphatic rings. The lowest BCUT2D eigenvalue weighted by Crippen LogP contribution is -1.87. The van der Waals surface area contributed by atoms with E-state index in [1.807, 2.05) is 36.5 Å². The Kier molecular flexibility index (Phi) is 5.20. The molecule has 0 radical (unpaired) electrons. The second kappa shape index (κ2) is 9.00. The Morgan fingerprint density at radius 3 is 1.89 bits per heavy atom. The number of pyridine rings is 1. The molecule has 0 aliphatic heterocycles. The van der Waals surface area contributed by atoms with Crippen molar-refractivity contribution in [2.75, 3.05) is 0 Å². The first-order valence-electron chi connectivity index (χ1n) is 12.7. The van der Waals surface area contributed by atoms with Crippen molar-refractivity contribution in [2.45, 2.75) is 0 Å². The van der Waals surface area contributed by atoms with Gasteiger partial charge in [0.1, 0.15) is 0 Å². The van der Waals surface area contributed by atoms with Crippen LogP contribution in [0.1, 0.15) is 5.56 Å². The average Bonchev–Trinajstić information content (AvgIpc) is 2.99. The van der Waals surface area contributed by atoms with Crippen molar-refractivity contribution in [1.29, 1.82) is 5.26 Å². The molecule has 0 unspecified atom stereocenters. The van der Waals surface area contributed by atoms with Crippen LogP contribution in [0.3, 0.4) is 0 Å². The molecule has 6 aromatic carbocycles. The van der Waals surface area contributed by atoms with Crippen molar-refractivity contribution in [3.05, 3.63) is 139 Å². The fourth-order valence-electron chi connectivity index (χ4n) is 5.29. The predicted molar refractivity (Wildman–Crippen MR) is 158 cm³/mol. The van der Waals surface area contributed by atoms with Gasteiger partial charge in [-0.3, -0.25) is 4.98 Å². The normalized spacial score (nSPS) is 11.1. The standard InChI is InChI=1S/C36H22N2/c37-23-24-7-9-26(10-8-24)35-21-33(20-31-4-1-2-6-34(31)35)29-15-12-25-11-14-28(18-32(25)19-29)30-16-13-27-5-3-17-38-36(27)22-30/h1-22H. The van der Waals surface area contributed by atoms with E-state index in [0.717, 1.165) is 22.0 Å². The number of hydrogen-bond donors (Lipinski definition) is 0. The van der Waals surface area contributed by atoms with E-state index in [2.05, 4.69) is 108 Å². The Labute approximate surface area is 221 Å². The van der Waals surface area contributed by atoms with Crippen molar-refractivity contribution in [1.82, 2.24) is 4.98 Å². The highest BCUT2D eigenvalue weighted by Gasteiger charge is 2.10. The maximum atomic E-state index is 9.24. The first kappa shape index (κ1) is 22.0. The molecule has 1 heterocycles. The Hall–Kier alpha value is -5.26. The number of nitriles is 1. The van der Waals surface area contributed by atoms with Gasteiger partial charge in [-0.15, -0.1) is 0 Å². The number of benzene rings is 6. The van der Waals surface area contributed by atoms with Crippen molar-refractivity contribution >= 4 is 32.4 Å². The third kappa shape index (κ3) is 3.88. The fourth-order valence-corrected chi connectivity index (χ4v) is 5.29. The van der Waals surface area contributed by atoms with Crippen LogP contribution in [-0.4, -0.2) is 4.98 Å². The summed E-state index contributed by atoms with van der Waals surface area (Å²) in [6, 6.07) is 47.0. The fraction of sp³-hybridized carbons (Fsp3) is 0. The molecule has 0 spiro atoms. The Morgan fingerprint density at radius 1 is 0.474 bits per heavy atom. The molecule has 38 heavy (non-hydrogen) atoms. The second-order valence-electron chi connectivity index (χ2n) is 9.62. The molecule has 0 fully saturated rings. The van der Waals surface area contributed by atoms with E-state index in [4.69, 9.17) is 0 Å². The maximum absolute atomic E-state index is 9.24. The highest BCUT2D eigenvalue weighted by molar-refractivity contribution is 6.01. The van der Waals surface area contributed by atoms with Crippen LogP contribution in [0.5, 0.6) is 0 Å². The van der Waals surface area contributed by atoms with Gasteiger partial charge in [0.05, 0.1) is 17.1 Å². The van der Waals surface area contributed by atoms with Crippen molar-refractivity contribution in [3.63, 3.8) is 0 Å². The summed E-state index contributed by atoms with van der Waals surface area (Å²) >= 11 is 0. The van der Waals surface area contributed by atoms with Crippen LogP contribution < -0.4 is 0 Å². The summed E-state index contributed by atoms with van der Waals surface area (Å²) < 4.78 is 0. The molecule has 2 nitrogen and oxygen atoms in total. The predicted octanol–water partition coefficient (Wildman–Crippen LogP) is 9.41. The maximum Gasteiger partial charge on any atom is 0.0991 e. The van der Waals surface area contributed by atoms with Gasteiger partial charge < -0.3 is 0 Å². The minimum atomic E-state index is 0.668. The first-order valence-corrected chi connectivity index (χ1v) is 12.7. The quantitative estimate of drug-likeness (QED) is 0.251. The molecule has 176 valence electrons. The van der Waals surface area contributed by atoms with E-state index < -0.39 is 0 Å². The minimum Gasteiger partial charge on any atom is -0.256 e. The number of hydrogen-bond acceptors (Lipinski definition) is 2. The van der Waals surface area contributed by atoms with Gasteiger partial charge in [0.2, 0.25) is 0 Å². The molecule has 0 aliphatic carbocycles. The zero-order valence-electron chi connectivity index (χ0n) is 20.6. The monoisotopic (exact) mass is 482 g/mol. The Morgan fingerprint density at radius 2 is 1.11 bits per heavy atom. The highest BCUT2D eigenvalue weighted by atomic mass is 14.6. The van der Waals surface area contributed by atoms with Gasteiger partial charge in [-0.1, -0.05) is 78.9 Å². The van der Waals surface area contributed by atoms with E-state index in [9.17, 15) is 5.26 Å². The van der Waals surface area contributed by atoms with Gasteiger partial charge in [0, 0.05) is 11.6 Å². The van der Waals surface area contributed by atoms with Crippen LogP contribution in [0.25, 0.3) is 65.8 Å². The summed E-state index contributed by atoms with van der Waals surface area (Å²) in [5.41, 5.74) is 8.64. The number of nitrogens with zero attached hydrogens (tertiary/aromatic N) is 2. The summed E-state index contributed by atoms with van der Waals surface area (Å²) in [7, 11) is 0. The van der Waals surface area contributed by atoms with E-state index in [-0.39, 0.29) is 0 Å². The molecule has 2 heteroatoms. The van der Waals surface area contributed by atoms with Crippen LogP contribution in [0, 0.1) is 11.3 Å². The average molecular weight is 483 g/mol. The van der Waals surface area contributed by atoms with Gasteiger partial charge in [-0.2, -0.15) is 5.26 Å². The van der Waals surface area contributed by atoms with E-state index in [1.165, 1.54) is 43.8 Å². The van der Waals surface area contributed by atoms with Crippen molar-refractivity contribution in [3.8, 4) is 39.4 Å². The lowest BCUT2D eigenvalue weighted by Gasteiger charge is -2.12. The zero-order chi connectivity index (χ0) is 25.5. The first-order chi connectivity index (χ1) is 18.7. The molecule has 0 amide bonds. The molecule has 0 saturated carbocycles. The third-order valence-electron chi connectivity index (χ3n) is 7.30. The summed E-state index contributed by atoms with van der Waals surface area (Å²) in [6.07, 6.45) is 1.84. The molecule has 0 bridgehead atoms. The van der Waals surface area contributed by atoms with E-state index >= 15 is 0 Å². The van der Waals surface area contributed by atoms with Gasteiger partial charge in [0.15, 0.2) is 0 Å². The summed E-state index contributed by atoms with van der Waals surface area (Å²) in [5, 5.41) is 15.2. The highest BCUT2D eigenvalue weighted by Crippen LogP contribution is 2.36. The van der Waals surface area contributed by atoms with Gasteiger partial charge in [-0.05, 0) is 103 Å². The summed E-state index contributed by atoms with van der Waals surface area (Å²) in [4.78, 5) is 4.54. The van der Waals surface area contributed by atoms with Crippen LogP contribution in [-0.2, 0) is 0 Å². The van der Waals surface area contributed by atoms with E-state index in [0.29, 0.717) is 5.56 Å². The molecule has 0 saturated heterocycles. The molecule has 1 aromatic heterocycles. The van der Waals surface area contributed by atoms with Crippen LogP contribution in [0.15, 0.2) is 134 Å². The lowest BCUT2D eigenvalue weighted by molar-refractivity contribution is 1.41. The largest absolute Gasteiger partial charge is 0.256 e. The second-order valence-corrected chi connectivity index (χ2v) is 9.62. The molecule has 0 atom stereocenters. The number of fused-ring (bicyclic) bond motifs is 3. The molecule has 7 rings (SSSR count). The summed E-state index contributed by atoms with van der Waals surface area (Å²) in [5.74, 6) is 0. The molecule has 0 N–H and O–H groups in total. The number of aromatic nitrogens is 1. The smallest absolute Gasteiger partial charge is 0.0991 e. The SMILES string of the molecule is N#Cc1ccc(-c2cc(-c3ccc4ccc(-c5ccc6cccnc6c5)cc4c3)cc3ccccc23)cc1. The van der Waals surface area contributed by atoms with Gasteiger partial charge >= 0.3 is 0 Å². The van der Waals surface area contributed by atoms with Crippen LogP contribution >= 0.6 is 0 Å². The zero-order valence-corrected chi connectivity index (χ0v) is 20.6.